The summed E-state index contributed by atoms with van der Waals surface area (Å²) in [4.78, 5) is 25.2. The number of carbonyl (C=O) groups excluding carboxylic acids is 2. The summed E-state index contributed by atoms with van der Waals surface area (Å²) in [5, 5.41) is 0. The van der Waals surface area contributed by atoms with Gasteiger partial charge in [-0.1, -0.05) is 13.0 Å². The van der Waals surface area contributed by atoms with Crippen LogP contribution in [0.5, 0.6) is 5.75 Å². The second-order valence-corrected chi connectivity index (χ2v) is 8.05. The molecule has 0 saturated carbocycles. The van der Waals surface area contributed by atoms with Gasteiger partial charge in [0.05, 0.1) is 11.5 Å². The Morgan fingerprint density at radius 3 is 2.71 bits per heavy atom. The molecule has 0 bridgehead atoms. The Kier molecular flexibility index (Phi) is 5.82. The second kappa shape index (κ2) is 7.65. The largest absolute Gasteiger partial charge is 0.484 e. The summed E-state index contributed by atoms with van der Waals surface area (Å²) in [6, 6.07) is 5.99. The van der Waals surface area contributed by atoms with Crippen LogP contribution >= 0.6 is 0 Å². The van der Waals surface area contributed by atoms with Crippen LogP contribution < -0.4 is 10.5 Å². The molecule has 24 heavy (non-hydrogen) atoms. The smallest absolute Gasteiger partial charge is 0.260 e. The Hall–Kier alpha value is -2.09. The van der Waals surface area contributed by atoms with Crippen molar-refractivity contribution in [3.63, 3.8) is 0 Å². The molecule has 0 radical (unpaired) electrons. The summed E-state index contributed by atoms with van der Waals surface area (Å²) in [7, 11) is -3.06. The second-order valence-electron chi connectivity index (χ2n) is 5.82. The average Bonchev–Trinajstić information content (AvgIpc) is 2.90. The highest BCUT2D eigenvalue weighted by Gasteiger charge is 2.34. The van der Waals surface area contributed by atoms with Crippen LogP contribution in [0.25, 0.3) is 0 Å². The summed E-state index contributed by atoms with van der Waals surface area (Å²) in [5.74, 6) is -0.336. The lowest BCUT2D eigenvalue weighted by molar-refractivity contribution is -0.135. The predicted octanol–water partition coefficient (Wildman–Crippen LogP) is 0.590. The van der Waals surface area contributed by atoms with E-state index < -0.39 is 15.7 Å². The lowest BCUT2D eigenvalue weighted by Gasteiger charge is -2.27. The molecule has 2 rings (SSSR count). The van der Waals surface area contributed by atoms with Crippen molar-refractivity contribution in [2.24, 2.45) is 5.73 Å². The molecule has 2 N–H and O–H groups in total. The van der Waals surface area contributed by atoms with Crippen LogP contribution in [0.1, 0.15) is 30.1 Å². The van der Waals surface area contributed by atoms with Gasteiger partial charge in [0.25, 0.3) is 5.91 Å². The van der Waals surface area contributed by atoms with E-state index in [0.29, 0.717) is 24.3 Å². The van der Waals surface area contributed by atoms with Crippen LogP contribution in [-0.4, -0.2) is 55.8 Å². The number of ether oxygens (including phenoxy) is 1. The highest BCUT2D eigenvalue weighted by atomic mass is 32.2. The number of sulfone groups is 1. The molecule has 1 fully saturated rings. The van der Waals surface area contributed by atoms with Crippen molar-refractivity contribution < 1.29 is 22.7 Å². The fourth-order valence-electron chi connectivity index (χ4n) is 2.74. The third-order valence-corrected chi connectivity index (χ3v) is 5.67. The number of hydrogen-bond donors (Lipinski definition) is 1. The first kappa shape index (κ1) is 18.3. The fraction of sp³-hybridized carbons (Fsp3) is 0.500. The standard InChI is InChI=1S/C16H22N2O5S/c1-2-7-18(13-6-8-24(21,22)11-13)15(19)10-23-14-5-3-4-12(9-14)16(17)20/h3-5,9,13H,2,6-8,10-11H2,1H3,(H2,17,20). The molecule has 0 aromatic heterocycles. The Labute approximate surface area is 141 Å². The molecule has 1 unspecified atom stereocenters. The van der Waals surface area contributed by atoms with E-state index in [1.807, 2.05) is 6.92 Å². The molecule has 2 amide bonds. The van der Waals surface area contributed by atoms with E-state index in [1.165, 1.54) is 6.07 Å². The molecule has 1 atom stereocenters. The SMILES string of the molecule is CCCN(C(=O)COc1cccc(C(N)=O)c1)C1CCS(=O)(=O)C1. The van der Waals surface area contributed by atoms with Crippen LogP contribution in [0.2, 0.25) is 0 Å². The molecule has 8 heteroatoms. The Morgan fingerprint density at radius 2 is 2.12 bits per heavy atom. The molecule has 0 spiro atoms. The van der Waals surface area contributed by atoms with Crippen molar-refractivity contribution in [1.82, 2.24) is 4.90 Å². The van der Waals surface area contributed by atoms with Gasteiger partial charge < -0.3 is 15.4 Å². The molecule has 1 aliphatic rings. The van der Waals surface area contributed by atoms with Crippen molar-refractivity contribution in [1.29, 1.82) is 0 Å². The van der Waals surface area contributed by atoms with Crippen LogP contribution in [0.3, 0.4) is 0 Å². The summed E-state index contributed by atoms with van der Waals surface area (Å²) < 4.78 is 28.7. The number of amides is 2. The van der Waals surface area contributed by atoms with Crippen molar-refractivity contribution in [2.75, 3.05) is 24.7 Å². The van der Waals surface area contributed by atoms with Gasteiger partial charge in [-0.05, 0) is 31.0 Å². The molecule has 1 aromatic carbocycles. The molecule has 7 nitrogen and oxygen atoms in total. The number of rotatable bonds is 7. The molecular formula is C16H22N2O5S. The topological polar surface area (TPSA) is 107 Å². The Balaban J connectivity index is 2.01. The highest BCUT2D eigenvalue weighted by molar-refractivity contribution is 7.91. The van der Waals surface area contributed by atoms with Crippen LogP contribution in [0.4, 0.5) is 0 Å². The average molecular weight is 354 g/mol. The predicted molar refractivity (Wildman–Crippen MR) is 89.5 cm³/mol. The lowest BCUT2D eigenvalue weighted by atomic mass is 10.2. The monoisotopic (exact) mass is 354 g/mol. The summed E-state index contributed by atoms with van der Waals surface area (Å²) in [6.45, 7) is 2.21. The van der Waals surface area contributed by atoms with Gasteiger partial charge in [-0.2, -0.15) is 0 Å². The van der Waals surface area contributed by atoms with Crippen molar-refractivity contribution in [2.45, 2.75) is 25.8 Å². The zero-order valence-corrected chi connectivity index (χ0v) is 14.4. The Morgan fingerprint density at radius 1 is 1.38 bits per heavy atom. The molecular weight excluding hydrogens is 332 g/mol. The molecule has 1 aliphatic heterocycles. The number of benzene rings is 1. The van der Waals surface area contributed by atoms with Gasteiger partial charge in [-0.3, -0.25) is 9.59 Å². The highest BCUT2D eigenvalue weighted by Crippen LogP contribution is 2.19. The number of primary amides is 1. The minimum atomic E-state index is -3.06. The number of hydrogen-bond acceptors (Lipinski definition) is 5. The minimum absolute atomic E-state index is 0.00982. The quantitative estimate of drug-likeness (QED) is 0.771. The third kappa shape index (κ3) is 4.70. The fourth-order valence-corrected chi connectivity index (χ4v) is 4.47. The van der Waals surface area contributed by atoms with E-state index in [1.54, 1.807) is 23.1 Å². The van der Waals surface area contributed by atoms with Crippen molar-refractivity contribution in [3.8, 4) is 5.75 Å². The van der Waals surface area contributed by atoms with Gasteiger partial charge in [-0.25, -0.2) is 8.42 Å². The third-order valence-electron chi connectivity index (χ3n) is 3.91. The molecule has 1 aromatic rings. The van der Waals surface area contributed by atoms with E-state index in [9.17, 15) is 18.0 Å². The van der Waals surface area contributed by atoms with Gasteiger partial charge in [0.2, 0.25) is 5.91 Å². The molecule has 0 aliphatic carbocycles. The van der Waals surface area contributed by atoms with E-state index in [0.717, 1.165) is 6.42 Å². The maximum absolute atomic E-state index is 12.4. The van der Waals surface area contributed by atoms with Gasteiger partial charge in [-0.15, -0.1) is 0 Å². The number of nitrogens with zero attached hydrogens (tertiary/aromatic N) is 1. The van der Waals surface area contributed by atoms with Crippen LogP contribution in [-0.2, 0) is 14.6 Å². The van der Waals surface area contributed by atoms with Crippen molar-refractivity contribution >= 4 is 21.7 Å². The Bertz CT molecular complexity index is 717. The van der Waals surface area contributed by atoms with Gasteiger partial charge in [0.1, 0.15) is 5.75 Å². The van der Waals surface area contributed by atoms with E-state index in [-0.39, 0.29) is 30.1 Å². The first-order valence-corrected chi connectivity index (χ1v) is 9.67. The number of carbonyl (C=O) groups is 2. The van der Waals surface area contributed by atoms with Gasteiger partial charge >= 0.3 is 0 Å². The zero-order valence-electron chi connectivity index (χ0n) is 13.6. The first-order chi connectivity index (χ1) is 11.3. The maximum atomic E-state index is 12.4. The summed E-state index contributed by atoms with van der Waals surface area (Å²) in [6.07, 6.45) is 1.20. The van der Waals surface area contributed by atoms with Crippen LogP contribution in [0.15, 0.2) is 24.3 Å². The number of nitrogens with two attached hydrogens (primary N) is 1. The zero-order chi connectivity index (χ0) is 17.7. The minimum Gasteiger partial charge on any atom is -0.484 e. The molecule has 1 heterocycles. The molecule has 132 valence electrons. The van der Waals surface area contributed by atoms with Crippen LogP contribution in [0, 0.1) is 0 Å². The lowest BCUT2D eigenvalue weighted by Crippen LogP contribution is -2.44. The maximum Gasteiger partial charge on any atom is 0.260 e. The summed E-state index contributed by atoms with van der Waals surface area (Å²) in [5.41, 5.74) is 5.51. The van der Waals surface area contributed by atoms with E-state index in [2.05, 4.69) is 0 Å². The molecule has 1 saturated heterocycles. The first-order valence-electron chi connectivity index (χ1n) is 7.85. The summed E-state index contributed by atoms with van der Waals surface area (Å²) >= 11 is 0. The van der Waals surface area contributed by atoms with Gasteiger partial charge in [0.15, 0.2) is 16.4 Å². The van der Waals surface area contributed by atoms with Crippen molar-refractivity contribution in [3.05, 3.63) is 29.8 Å². The van der Waals surface area contributed by atoms with Gasteiger partial charge in [0, 0.05) is 18.2 Å². The van der Waals surface area contributed by atoms with E-state index in [4.69, 9.17) is 10.5 Å². The normalized spacial score (nSPS) is 19.0. The van der Waals surface area contributed by atoms with E-state index >= 15 is 0 Å².